The lowest BCUT2D eigenvalue weighted by molar-refractivity contribution is 1.07. The minimum atomic E-state index is 1.02. The Morgan fingerprint density at radius 1 is 1.21 bits per heavy atom. The minimum absolute atomic E-state index is 1.02. The molecule has 0 atom stereocenters. The van der Waals surface area contributed by atoms with Crippen LogP contribution in [0.3, 0.4) is 0 Å². The monoisotopic (exact) mass is 254 g/mol. The van der Waals surface area contributed by atoms with E-state index in [2.05, 4.69) is 39.1 Å². The van der Waals surface area contributed by atoms with E-state index in [4.69, 9.17) is 0 Å². The number of nitrogens with zero attached hydrogens (tertiary/aromatic N) is 1. The number of aromatic nitrogens is 2. The molecule has 0 unspecified atom stereocenters. The van der Waals surface area contributed by atoms with Crippen LogP contribution >= 0.6 is 15.9 Å². The summed E-state index contributed by atoms with van der Waals surface area (Å²) in [5.74, 6) is 0. The van der Waals surface area contributed by atoms with Crippen molar-refractivity contribution in [2.75, 3.05) is 0 Å². The Kier molecular flexibility index (Phi) is 3.69. The third kappa shape index (κ3) is 1.98. The largest absolute Gasteiger partial charge is 0.282 e. The fraction of sp³-hybridized carbons (Fsp3) is 0.364. The summed E-state index contributed by atoms with van der Waals surface area (Å²) < 4.78 is 1.11. The van der Waals surface area contributed by atoms with E-state index < -0.39 is 0 Å². The highest BCUT2D eigenvalue weighted by molar-refractivity contribution is 9.10. The van der Waals surface area contributed by atoms with Gasteiger partial charge in [-0.15, -0.1) is 0 Å². The molecule has 1 aromatic heterocycles. The topological polar surface area (TPSA) is 28.7 Å². The van der Waals surface area contributed by atoms with Gasteiger partial charge in [0.1, 0.15) is 0 Å². The van der Waals surface area contributed by atoms with Crippen LogP contribution in [0, 0.1) is 13.8 Å². The van der Waals surface area contributed by atoms with Gasteiger partial charge >= 0.3 is 0 Å². The van der Waals surface area contributed by atoms with Gasteiger partial charge in [0.25, 0.3) is 0 Å². The van der Waals surface area contributed by atoms with Crippen molar-refractivity contribution in [1.82, 2.24) is 10.2 Å². The summed E-state index contributed by atoms with van der Waals surface area (Å²) in [6.07, 6.45) is 0. The molecule has 0 spiro atoms. The van der Waals surface area contributed by atoms with E-state index in [-0.39, 0.29) is 0 Å². The SMILES string of the molecule is CC.Cc1cc2c(C)[nH]nc2cc1Br. The summed E-state index contributed by atoms with van der Waals surface area (Å²) in [6, 6.07) is 4.17. The van der Waals surface area contributed by atoms with E-state index in [1.807, 2.05) is 26.8 Å². The molecule has 3 heteroatoms. The Bertz CT molecular complexity index is 432. The standard InChI is InChI=1S/C9H9BrN2.C2H6/c1-5-3-7-6(2)11-12-9(7)4-8(5)10;1-2/h3-4H,1-2H3,(H,11,12);1-2H3. The second kappa shape index (κ2) is 4.60. The molecule has 0 saturated heterocycles. The zero-order valence-corrected chi connectivity index (χ0v) is 10.6. The molecule has 0 aliphatic heterocycles. The summed E-state index contributed by atoms with van der Waals surface area (Å²) in [7, 11) is 0. The van der Waals surface area contributed by atoms with Gasteiger partial charge in [-0.1, -0.05) is 29.8 Å². The lowest BCUT2D eigenvalue weighted by atomic mass is 10.1. The molecule has 0 aliphatic carbocycles. The molecule has 2 rings (SSSR count). The van der Waals surface area contributed by atoms with Crippen LogP contribution in [0.25, 0.3) is 10.9 Å². The van der Waals surface area contributed by atoms with Crippen LogP contribution in [0.2, 0.25) is 0 Å². The highest BCUT2D eigenvalue weighted by atomic mass is 79.9. The highest BCUT2D eigenvalue weighted by Gasteiger charge is 2.03. The van der Waals surface area contributed by atoms with Crippen LogP contribution in [-0.2, 0) is 0 Å². The van der Waals surface area contributed by atoms with Crippen molar-refractivity contribution in [1.29, 1.82) is 0 Å². The number of fused-ring (bicyclic) bond motifs is 1. The molecule has 1 aromatic carbocycles. The van der Waals surface area contributed by atoms with Crippen LogP contribution in [-0.4, -0.2) is 10.2 Å². The zero-order chi connectivity index (χ0) is 10.7. The first-order chi connectivity index (χ1) is 6.68. The van der Waals surface area contributed by atoms with Gasteiger partial charge in [0.15, 0.2) is 0 Å². The lowest BCUT2D eigenvalue weighted by Crippen LogP contribution is -1.76. The zero-order valence-electron chi connectivity index (χ0n) is 8.98. The summed E-state index contributed by atoms with van der Waals surface area (Å²) in [5, 5.41) is 8.33. The molecule has 0 amide bonds. The fourth-order valence-electron chi connectivity index (χ4n) is 1.27. The third-order valence-electron chi connectivity index (χ3n) is 2.03. The molecule has 2 nitrogen and oxygen atoms in total. The van der Waals surface area contributed by atoms with Crippen molar-refractivity contribution in [3.05, 3.63) is 27.9 Å². The van der Waals surface area contributed by atoms with Crippen LogP contribution < -0.4 is 0 Å². The van der Waals surface area contributed by atoms with Crippen LogP contribution in [0.4, 0.5) is 0 Å². The first-order valence-electron chi connectivity index (χ1n) is 4.79. The number of aryl methyl sites for hydroxylation is 2. The van der Waals surface area contributed by atoms with Crippen molar-refractivity contribution in [3.63, 3.8) is 0 Å². The molecule has 14 heavy (non-hydrogen) atoms. The third-order valence-corrected chi connectivity index (χ3v) is 2.88. The normalized spacial score (nSPS) is 9.79. The number of benzene rings is 1. The van der Waals surface area contributed by atoms with Crippen molar-refractivity contribution in [2.24, 2.45) is 0 Å². The van der Waals surface area contributed by atoms with Crippen LogP contribution in [0.1, 0.15) is 25.1 Å². The van der Waals surface area contributed by atoms with Crippen molar-refractivity contribution < 1.29 is 0 Å². The predicted octanol–water partition coefficient (Wildman–Crippen LogP) is 3.97. The Morgan fingerprint density at radius 3 is 2.50 bits per heavy atom. The number of aromatic amines is 1. The average Bonchev–Trinajstić information content (AvgIpc) is 2.53. The maximum atomic E-state index is 4.17. The van der Waals surface area contributed by atoms with Gasteiger partial charge in [-0.3, -0.25) is 5.10 Å². The Morgan fingerprint density at radius 2 is 1.86 bits per heavy atom. The predicted molar refractivity (Wildman–Crippen MR) is 64.6 cm³/mol. The number of H-pyrrole nitrogens is 1. The Balaban J connectivity index is 0.000000461. The molecule has 1 heterocycles. The van der Waals surface area contributed by atoms with E-state index in [1.54, 1.807) is 0 Å². The smallest absolute Gasteiger partial charge is 0.0935 e. The second-order valence-corrected chi connectivity index (χ2v) is 3.82. The fourth-order valence-corrected chi connectivity index (χ4v) is 1.60. The maximum absolute atomic E-state index is 4.17. The number of halogens is 1. The van der Waals surface area contributed by atoms with E-state index in [0.717, 1.165) is 15.7 Å². The Labute approximate surface area is 92.8 Å². The molecular weight excluding hydrogens is 240 g/mol. The molecule has 76 valence electrons. The first-order valence-corrected chi connectivity index (χ1v) is 5.58. The minimum Gasteiger partial charge on any atom is -0.282 e. The maximum Gasteiger partial charge on any atom is 0.0935 e. The van der Waals surface area contributed by atoms with Gasteiger partial charge in [0, 0.05) is 15.6 Å². The van der Waals surface area contributed by atoms with Gasteiger partial charge in [0.2, 0.25) is 0 Å². The number of hydrogen-bond acceptors (Lipinski definition) is 1. The molecule has 0 saturated carbocycles. The van der Waals surface area contributed by atoms with Crippen LogP contribution in [0.5, 0.6) is 0 Å². The van der Waals surface area contributed by atoms with Crippen molar-refractivity contribution in [3.8, 4) is 0 Å². The highest BCUT2D eigenvalue weighted by Crippen LogP contribution is 2.23. The summed E-state index contributed by atoms with van der Waals surface area (Å²) >= 11 is 3.47. The van der Waals surface area contributed by atoms with Gasteiger partial charge in [-0.25, -0.2) is 0 Å². The molecule has 0 aliphatic rings. The second-order valence-electron chi connectivity index (χ2n) is 2.97. The van der Waals surface area contributed by atoms with Crippen molar-refractivity contribution >= 4 is 26.8 Å². The quantitative estimate of drug-likeness (QED) is 0.758. The van der Waals surface area contributed by atoms with Gasteiger partial charge in [-0.2, -0.15) is 5.10 Å². The molecule has 0 radical (unpaired) electrons. The van der Waals surface area contributed by atoms with E-state index in [9.17, 15) is 0 Å². The number of nitrogens with one attached hydrogen (secondary N) is 1. The van der Waals surface area contributed by atoms with Gasteiger partial charge in [0.05, 0.1) is 5.52 Å². The molecule has 0 fully saturated rings. The van der Waals surface area contributed by atoms with Crippen molar-refractivity contribution in [2.45, 2.75) is 27.7 Å². The first kappa shape index (κ1) is 11.2. The van der Waals surface area contributed by atoms with E-state index in [1.165, 1.54) is 10.9 Å². The van der Waals surface area contributed by atoms with E-state index in [0.29, 0.717) is 0 Å². The van der Waals surface area contributed by atoms with E-state index >= 15 is 0 Å². The van der Waals surface area contributed by atoms with Crippen LogP contribution in [0.15, 0.2) is 16.6 Å². The number of rotatable bonds is 0. The number of hydrogen-bond donors (Lipinski definition) is 1. The lowest BCUT2D eigenvalue weighted by Gasteiger charge is -1.96. The molecule has 0 bridgehead atoms. The summed E-state index contributed by atoms with van der Waals surface area (Å²) in [4.78, 5) is 0. The summed E-state index contributed by atoms with van der Waals surface area (Å²) in [5.41, 5.74) is 3.39. The average molecular weight is 255 g/mol. The molecule has 2 aromatic rings. The molecule has 1 N–H and O–H groups in total. The molecular formula is C11H15BrN2. The summed E-state index contributed by atoms with van der Waals surface area (Å²) in [6.45, 7) is 8.11. The van der Waals surface area contributed by atoms with Gasteiger partial charge in [-0.05, 0) is 31.5 Å². The Hall–Kier alpha value is -0.830. The van der Waals surface area contributed by atoms with Gasteiger partial charge < -0.3 is 0 Å².